The van der Waals surface area contributed by atoms with Crippen molar-refractivity contribution < 1.29 is 9.84 Å². The summed E-state index contributed by atoms with van der Waals surface area (Å²) in [5.41, 5.74) is 1.53. The molecular weight excluding hydrogens is 355 g/mol. The van der Waals surface area contributed by atoms with Crippen LogP contribution in [0.1, 0.15) is 17.9 Å². The summed E-state index contributed by atoms with van der Waals surface area (Å²) in [7, 11) is 1.57. The van der Waals surface area contributed by atoms with Gasteiger partial charge >= 0.3 is 0 Å². The van der Waals surface area contributed by atoms with Crippen molar-refractivity contribution in [2.45, 2.75) is 12.3 Å². The number of pyridine rings is 1. The minimum absolute atomic E-state index is 0.0178. The average Bonchev–Trinajstić information content (AvgIpc) is 2.93. The standard InChI is InChI=1S/C16H14Cl2N2O2S/c1-22-13-5-2-10(7-19-13)20-8-9(6-14(20)23)15-12(21)4-3-11(17)16(15)18/h2-5,7,9,21H,6,8H2,1H3. The molecular formula is C16H14Cl2N2O2S. The van der Waals surface area contributed by atoms with Crippen molar-refractivity contribution in [2.24, 2.45) is 0 Å². The van der Waals surface area contributed by atoms with Crippen LogP contribution in [0.3, 0.4) is 0 Å². The van der Waals surface area contributed by atoms with Gasteiger partial charge in [0.2, 0.25) is 5.88 Å². The number of thiocarbonyl (C=S) groups is 1. The van der Waals surface area contributed by atoms with Gasteiger partial charge in [-0.2, -0.15) is 0 Å². The van der Waals surface area contributed by atoms with Gasteiger partial charge in [0.1, 0.15) is 5.75 Å². The Morgan fingerprint density at radius 1 is 1.30 bits per heavy atom. The van der Waals surface area contributed by atoms with Crippen molar-refractivity contribution in [3.63, 3.8) is 0 Å². The molecule has 1 unspecified atom stereocenters. The number of hydrogen-bond donors (Lipinski definition) is 1. The number of halogens is 2. The lowest BCUT2D eigenvalue weighted by molar-refractivity contribution is 0.398. The number of nitrogens with zero attached hydrogens (tertiary/aromatic N) is 2. The van der Waals surface area contributed by atoms with E-state index in [-0.39, 0.29) is 11.7 Å². The Labute approximate surface area is 149 Å². The average molecular weight is 369 g/mol. The van der Waals surface area contributed by atoms with Crippen LogP contribution < -0.4 is 9.64 Å². The van der Waals surface area contributed by atoms with Gasteiger partial charge < -0.3 is 14.7 Å². The summed E-state index contributed by atoms with van der Waals surface area (Å²) >= 11 is 17.8. The molecule has 1 aliphatic heterocycles. The van der Waals surface area contributed by atoms with E-state index < -0.39 is 0 Å². The minimum Gasteiger partial charge on any atom is -0.508 e. The normalized spacial score (nSPS) is 17.6. The largest absolute Gasteiger partial charge is 0.508 e. The van der Waals surface area contributed by atoms with Crippen molar-refractivity contribution >= 4 is 46.1 Å². The van der Waals surface area contributed by atoms with Crippen molar-refractivity contribution in [1.29, 1.82) is 0 Å². The maximum atomic E-state index is 10.2. The summed E-state index contributed by atoms with van der Waals surface area (Å²) in [4.78, 5) is 6.97. The van der Waals surface area contributed by atoms with Gasteiger partial charge in [-0.25, -0.2) is 4.98 Å². The molecule has 0 radical (unpaired) electrons. The van der Waals surface area contributed by atoms with E-state index in [1.807, 2.05) is 11.0 Å². The molecule has 2 aromatic rings. The fourth-order valence-corrected chi connectivity index (χ4v) is 3.61. The first-order valence-electron chi connectivity index (χ1n) is 6.98. The molecule has 23 heavy (non-hydrogen) atoms. The highest BCUT2D eigenvalue weighted by atomic mass is 35.5. The predicted molar refractivity (Wildman–Crippen MR) is 96.2 cm³/mol. The van der Waals surface area contributed by atoms with Crippen LogP contribution in [0, 0.1) is 0 Å². The number of rotatable bonds is 3. The molecule has 1 aromatic heterocycles. The van der Waals surface area contributed by atoms with Gasteiger partial charge in [0.25, 0.3) is 0 Å². The molecule has 0 bridgehead atoms. The van der Waals surface area contributed by atoms with E-state index in [1.165, 1.54) is 0 Å². The molecule has 1 fully saturated rings. The number of methoxy groups -OCH3 is 1. The highest BCUT2D eigenvalue weighted by molar-refractivity contribution is 7.80. The second kappa shape index (κ2) is 6.51. The smallest absolute Gasteiger partial charge is 0.213 e. The number of aromatic nitrogens is 1. The van der Waals surface area contributed by atoms with E-state index in [4.69, 9.17) is 40.2 Å². The number of phenols is 1. The van der Waals surface area contributed by atoms with Crippen LogP contribution in [-0.4, -0.2) is 28.7 Å². The molecule has 1 aromatic carbocycles. The molecule has 0 aliphatic carbocycles. The Morgan fingerprint density at radius 2 is 2.09 bits per heavy atom. The number of aromatic hydroxyl groups is 1. The quantitative estimate of drug-likeness (QED) is 0.812. The molecule has 1 aliphatic rings. The molecule has 0 saturated carbocycles. The Balaban J connectivity index is 1.89. The number of anilines is 1. The number of phenolic OH excluding ortho intramolecular Hbond substituents is 1. The zero-order chi connectivity index (χ0) is 16.6. The van der Waals surface area contributed by atoms with Crippen molar-refractivity contribution in [3.05, 3.63) is 46.1 Å². The first-order valence-corrected chi connectivity index (χ1v) is 8.15. The van der Waals surface area contributed by atoms with Crippen molar-refractivity contribution in [2.75, 3.05) is 18.6 Å². The van der Waals surface area contributed by atoms with Crippen LogP contribution in [0.15, 0.2) is 30.5 Å². The van der Waals surface area contributed by atoms with E-state index in [1.54, 1.807) is 31.5 Å². The summed E-state index contributed by atoms with van der Waals surface area (Å²) in [6.45, 7) is 0.612. The molecule has 0 spiro atoms. The lowest BCUT2D eigenvalue weighted by atomic mass is 9.97. The summed E-state index contributed by atoms with van der Waals surface area (Å²) in [6, 6.07) is 6.83. The van der Waals surface area contributed by atoms with Crippen LogP contribution in [-0.2, 0) is 0 Å². The molecule has 1 atom stereocenters. The third-order valence-corrected chi connectivity index (χ3v) is 5.09. The molecule has 3 rings (SSSR count). The second-order valence-electron chi connectivity index (χ2n) is 5.26. The summed E-state index contributed by atoms with van der Waals surface area (Å²) in [5, 5.41) is 11.0. The number of ether oxygens (including phenoxy) is 1. The molecule has 0 amide bonds. The molecule has 120 valence electrons. The van der Waals surface area contributed by atoms with Gasteiger partial charge in [-0.05, 0) is 18.2 Å². The Hall–Kier alpha value is -1.56. The van der Waals surface area contributed by atoms with E-state index >= 15 is 0 Å². The maximum absolute atomic E-state index is 10.2. The number of hydrogen-bond acceptors (Lipinski definition) is 4. The lowest BCUT2D eigenvalue weighted by Crippen LogP contribution is -2.23. The first kappa shape index (κ1) is 16.3. The summed E-state index contributed by atoms with van der Waals surface area (Å²) < 4.78 is 5.07. The topological polar surface area (TPSA) is 45.6 Å². The minimum atomic E-state index is -0.0178. The van der Waals surface area contributed by atoms with Crippen LogP contribution in [0.2, 0.25) is 10.0 Å². The molecule has 2 heterocycles. The fraction of sp³-hybridized carbons (Fsp3) is 0.250. The molecule has 1 saturated heterocycles. The van der Waals surface area contributed by atoms with Crippen LogP contribution in [0.25, 0.3) is 0 Å². The third-order valence-electron chi connectivity index (χ3n) is 3.88. The monoisotopic (exact) mass is 368 g/mol. The van der Waals surface area contributed by atoms with Crippen molar-refractivity contribution in [3.8, 4) is 11.6 Å². The molecule has 4 nitrogen and oxygen atoms in total. The van der Waals surface area contributed by atoms with Crippen molar-refractivity contribution in [1.82, 2.24) is 4.98 Å². The van der Waals surface area contributed by atoms with Gasteiger partial charge in [-0.3, -0.25) is 0 Å². The van der Waals surface area contributed by atoms with Gasteiger partial charge in [-0.15, -0.1) is 0 Å². The highest BCUT2D eigenvalue weighted by Gasteiger charge is 2.32. The zero-order valence-corrected chi connectivity index (χ0v) is 14.6. The maximum Gasteiger partial charge on any atom is 0.213 e. The van der Waals surface area contributed by atoms with E-state index in [2.05, 4.69) is 4.98 Å². The second-order valence-corrected chi connectivity index (χ2v) is 6.51. The summed E-state index contributed by atoms with van der Waals surface area (Å²) in [5.74, 6) is 0.670. The van der Waals surface area contributed by atoms with E-state index in [0.717, 1.165) is 10.7 Å². The zero-order valence-electron chi connectivity index (χ0n) is 12.3. The fourth-order valence-electron chi connectivity index (χ4n) is 2.75. The van der Waals surface area contributed by atoms with Gasteiger partial charge in [0.05, 0.1) is 34.0 Å². The van der Waals surface area contributed by atoms with Gasteiger partial charge in [0, 0.05) is 30.5 Å². The SMILES string of the molecule is COc1ccc(N2CC(c3c(O)ccc(Cl)c3Cl)CC2=S)cn1. The molecule has 1 N–H and O–H groups in total. The van der Waals surface area contributed by atoms with Crippen LogP contribution in [0.4, 0.5) is 5.69 Å². The van der Waals surface area contributed by atoms with Gasteiger partial charge in [0.15, 0.2) is 0 Å². The van der Waals surface area contributed by atoms with Crippen LogP contribution in [0.5, 0.6) is 11.6 Å². The van der Waals surface area contributed by atoms with E-state index in [0.29, 0.717) is 34.5 Å². The first-order chi connectivity index (χ1) is 11.0. The Kier molecular flexibility index (Phi) is 4.62. The Morgan fingerprint density at radius 3 is 2.74 bits per heavy atom. The summed E-state index contributed by atoms with van der Waals surface area (Å²) in [6.07, 6.45) is 2.34. The lowest BCUT2D eigenvalue weighted by Gasteiger charge is -2.19. The Bertz CT molecular complexity index is 752. The van der Waals surface area contributed by atoms with Crippen LogP contribution >= 0.6 is 35.4 Å². The van der Waals surface area contributed by atoms with Gasteiger partial charge in [-0.1, -0.05) is 35.4 Å². The van der Waals surface area contributed by atoms with E-state index in [9.17, 15) is 5.11 Å². The third kappa shape index (κ3) is 3.09. The number of benzene rings is 1. The predicted octanol–water partition coefficient (Wildman–Crippen LogP) is 4.42. The highest BCUT2D eigenvalue weighted by Crippen LogP contribution is 2.42. The molecule has 7 heteroatoms.